The Kier molecular flexibility index (Phi) is 3.49. The summed E-state index contributed by atoms with van der Waals surface area (Å²) in [6.45, 7) is 0. The average Bonchev–Trinajstić information content (AvgIpc) is 2.93. The molecule has 98 valence electrons. The van der Waals surface area contributed by atoms with Crippen molar-refractivity contribution in [3.63, 3.8) is 0 Å². The Morgan fingerprint density at radius 1 is 0.947 bits per heavy atom. The molecule has 2 heteroatoms. The molecule has 0 heterocycles. The van der Waals surface area contributed by atoms with Gasteiger partial charge in [0.2, 0.25) is 0 Å². The maximum absolute atomic E-state index is 14.1. The van der Waals surface area contributed by atoms with Crippen molar-refractivity contribution in [2.45, 2.75) is 31.8 Å². The standard InChI is InChI=1S/C17H17FO/c18-17-12-15(19-14-8-4-5-9-14)10-11-16(17)13-6-2-1-3-7-13/h1-3,6-7,10-12,14H,4-5,8-9H2. The van der Waals surface area contributed by atoms with Gasteiger partial charge in [-0.15, -0.1) is 0 Å². The van der Waals surface area contributed by atoms with Gasteiger partial charge in [-0.25, -0.2) is 4.39 Å². The number of halogens is 1. The molecule has 1 fully saturated rings. The number of ether oxygens (including phenoxy) is 1. The number of hydrogen-bond acceptors (Lipinski definition) is 1. The molecular weight excluding hydrogens is 239 g/mol. The molecule has 1 saturated carbocycles. The van der Waals surface area contributed by atoms with E-state index in [4.69, 9.17) is 4.74 Å². The highest BCUT2D eigenvalue weighted by atomic mass is 19.1. The Morgan fingerprint density at radius 3 is 2.37 bits per heavy atom. The summed E-state index contributed by atoms with van der Waals surface area (Å²) in [5.74, 6) is 0.422. The van der Waals surface area contributed by atoms with Crippen molar-refractivity contribution in [1.82, 2.24) is 0 Å². The van der Waals surface area contributed by atoms with Crippen molar-refractivity contribution in [1.29, 1.82) is 0 Å². The van der Waals surface area contributed by atoms with Crippen LogP contribution >= 0.6 is 0 Å². The summed E-state index contributed by atoms with van der Waals surface area (Å²) < 4.78 is 19.9. The van der Waals surface area contributed by atoms with Crippen molar-refractivity contribution in [3.8, 4) is 16.9 Å². The molecule has 0 unspecified atom stereocenters. The van der Waals surface area contributed by atoms with E-state index in [0.717, 1.165) is 18.4 Å². The lowest BCUT2D eigenvalue weighted by molar-refractivity contribution is 0.209. The quantitative estimate of drug-likeness (QED) is 0.765. The molecular formula is C17H17FO. The Hall–Kier alpha value is -1.83. The fraction of sp³-hybridized carbons (Fsp3) is 0.294. The predicted molar refractivity (Wildman–Crippen MR) is 74.7 cm³/mol. The second kappa shape index (κ2) is 5.43. The van der Waals surface area contributed by atoms with Crippen LogP contribution in [0.4, 0.5) is 4.39 Å². The van der Waals surface area contributed by atoms with Gasteiger partial charge in [-0.2, -0.15) is 0 Å². The van der Waals surface area contributed by atoms with Gasteiger partial charge in [-0.05, 0) is 43.4 Å². The van der Waals surface area contributed by atoms with E-state index in [9.17, 15) is 4.39 Å². The molecule has 2 aromatic rings. The van der Waals surface area contributed by atoms with Crippen LogP contribution in [-0.4, -0.2) is 6.10 Å². The third-order valence-electron chi connectivity index (χ3n) is 3.63. The molecule has 1 aliphatic carbocycles. The number of hydrogen-bond donors (Lipinski definition) is 0. The van der Waals surface area contributed by atoms with E-state index in [1.807, 2.05) is 36.4 Å². The van der Waals surface area contributed by atoms with Crippen LogP contribution in [0.15, 0.2) is 48.5 Å². The van der Waals surface area contributed by atoms with Gasteiger partial charge in [0.15, 0.2) is 0 Å². The number of benzene rings is 2. The molecule has 0 bridgehead atoms. The van der Waals surface area contributed by atoms with Crippen molar-refractivity contribution >= 4 is 0 Å². The van der Waals surface area contributed by atoms with Crippen molar-refractivity contribution in [2.75, 3.05) is 0 Å². The van der Waals surface area contributed by atoms with Gasteiger partial charge in [-0.3, -0.25) is 0 Å². The van der Waals surface area contributed by atoms with Crippen molar-refractivity contribution < 1.29 is 9.13 Å². The first-order valence-corrected chi connectivity index (χ1v) is 6.84. The summed E-state index contributed by atoms with van der Waals surface area (Å²) in [6, 6.07) is 14.7. The zero-order chi connectivity index (χ0) is 13.1. The molecule has 0 atom stereocenters. The molecule has 19 heavy (non-hydrogen) atoms. The van der Waals surface area contributed by atoms with E-state index in [1.165, 1.54) is 18.9 Å². The molecule has 0 radical (unpaired) electrons. The summed E-state index contributed by atoms with van der Waals surface area (Å²) in [4.78, 5) is 0. The van der Waals surface area contributed by atoms with Crippen LogP contribution in [-0.2, 0) is 0 Å². The third kappa shape index (κ3) is 2.78. The highest BCUT2D eigenvalue weighted by Crippen LogP contribution is 2.29. The SMILES string of the molecule is Fc1cc(OC2CCCC2)ccc1-c1ccccc1. The van der Waals surface area contributed by atoms with Gasteiger partial charge in [0, 0.05) is 11.6 Å². The lowest BCUT2D eigenvalue weighted by Crippen LogP contribution is -2.10. The van der Waals surface area contributed by atoms with E-state index in [0.29, 0.717) is 11.3 Å². The van der Waals surface area contributed by atoms with Crippen LogP contribution in [0.1, 0.15) is 25.7 Å². The Labute approximate surface area is 113 Å². The van der Waals surface area contributed by atoms with E-state index in [1.54, 1.807) is 6.07 Å². The Morgan fingerprint density at radius 2 is 1.68 bits per heavy atom. The summed E-state index contributed by atoms with van der Waals surface area (Å²) in [5, 5.41) is 0. The highest BCUT2D eigenvalue weighted by Gasteiger charge is 2.17. The maximum Gasteiger partial charge on any atom is 0.134 e. The minimum atomic E-state index is -0.221. The van der Waals surface area contributed by atoms with Gasteiger partial charge < -0.3 is 4.74 Å². The van der Waals surface area contributed by atoms with Crippen LogP contribution in [0.25, 0.3) is 11.1 Å². The maximum atomic E-state index is 14.1. The van der Waals surface area contributed by atoms with Gasteiger partial charge in [0.1, 0.15) is 11.6 Å². The molecule has 0 aliphatic heterocycles. The summed E-state index contributed by atoms with van der Waals surface area (Å²) in [5.41, 5.74) is 1.52. The zero-order valence-corrected chi connectivity index (χ0v) is 10.8. The third-order valence-corrected chi connectivity index (χ3v) is 3.63. The molecule has 0 N–H and O–H groups in total. The lowest BCUT2D eigenvalue weighted by atomic mass is 10.1. The summed E-state index contributed by atoms with van der Waals surface area (Å²) in [7, 11) is 0. The molecule has 1 aliphatic rings. The molecule has 0 spiro atoms. The first-order valence-electron chi connectivity index (χ1n) is 6.84. The van der Waals surface area contributed by atoms with Crippen molar-refractivity contribution in [3.05, 3.63) is 54.3 Å². The average molecular weight is 256 g/mol. The van der Waals surface area contributed by atoms with E-state index in [2.05, 4.69) is 0 Å². The summed E-state index contributed by atoms with van der Waals surface area (Å²) >= 11 is 0. The Balaban J connectivity index is 1.81. The molecule has 3 rings (SSSR count). The zero-order valence-electron chi connectivity index (χ0n) is 10.8. The van der Waals surface area contributed by atoms with Crippen molar-refractivity contribution in [2.24, 2.45) is 0 Å². The molecule has 0 amide bonds. The van der Waals surface area contributed by atoms with E-state index >= 15 is 0 Å². The fourth-order valence-electron chi connectivity index (χ4n) is 2.62. The minimum Gasteiger partial charge on any atom is -0.490 e. The molecule has 2 aromatic carbocycles. The lowest BCUT2D eigenvalue weighted by Gasteiger charge is -2.14. The normalized spacial score (nSPS) is 15.6. The molecule has 0 aromatic heterocycles. The van der Waals surface area contributed by atoms with Crippen LogP contribution in [0.5, 0.6) is 5.75 Å². The first kappa shape index (κ1) is 12.2. The first-order chi connectivity index (χ1) is 9.33. The Bertz CT molecular complexity index is 544. The van der Waals surface area contributed by atoms with Gasteiger partial charge in [-0.1, -0.05) is 30.3 Å². The van der Waals surface area contributed by atoms with Crippen LogP contribution < -0.4 is 4.74 Å². The smallest absolute Gasteiger partial charge is 0.134 e. The molecule has 1 nitrogen and oxygen atoms in total. The van der Waals surface area contributed by atoms with E-state index in [-0.39, 0.29) is 11.9 Å². The second-order valence-electron chi connectivity index (χ2n) is 5.03. The van der Waals surface area contributed by atoms with Crippen LogP contribution in [0.2, 0.25) is 0 Å². The van der Waals surface area contributed by atoms with Gasteiger partial charge >= 0.3 is 0 Å². The van der Waals surface area contributed by atoms with Crippen LogP contribution in [0, 0.1) is 5.82 Å². The van der Waals surface area contributed by atoms with Gasteiger partial charge in [0.25, 0.3) is 0 Å². The van der Waals surface area contributed by atoms with Gasteiger partial charge in [0.05, 0.1) is 6.10 Å². The molecule has 0 saturated heterocycles. The predicted octanol–water partition coefficient (Wildman–Crippen LogP) is 4.81. The topological polar surface area (TPSA) is 9.23 Å². The fourth-order valence-corrected chi connectivity index (χ4v) is 2.62. The summed E-state index contributed by atoms with van der Waals surface area (Å²) in [6.07, 6.45) is 4.87. The largest absolute Gasteiger partial charge is 0.490 e. The minimum absolute atomic E-state index is 0.221. The highest BCUT2D eigenvalue weighted by molar-refractivity contribution is 5.64. The van der Waals surface area contributed by atoms with Crippen LogP contribution in [0.3, 0.4) is 0 Å². The number of rotatable bonds is 3. The second-order valence-corrected chi connectivity index (χ2v) is 5.03. The monoisotopic (exact) mass is 256 g/mol. The van der Waals surface area contributed by atoms with E-state index < -0.39 is 0 Å².